The van der Waals surface area contributed by atoms with Crippen LogP contribution in [-0.4, -0.2) is 12.4 Å². The van der Waals surface area contributed by atoms with Gasteiger partial charge in [-0.1, -0.05) is 20.8 Å². The van der Waals surface area contributed by atoms with Gasteiger partial charge in [0, 0.05) is 30.4 Å². The van der Waals surface area contributed by atoms with Gasteiger partial charge in [-0.15, -0.1) is 12.3 Å². The molecule has 1 aromatic rings. The van der Waals surface area contributed by atoms with Crippen molar-refractivity contribution in [2.75, 3.05) is 6.61 Å². The Morgan fingerprint density at radius 1 is 1.40 bits per heavy atom. The van der Waals surface area contributed by atoms with E-state index in [-0.39, 0.29) is 11.2 Å². The van der Waals surface area contributed by atoms with Crippen LogP contribution >= 0.6 is 0 Å². The Morgan fingerprint density at radius 3 is 2.80 bits per heavy atom. The van der Waals surface area contributed by atoms with Gasteiger partial charge in [-0.05, 0) is 29.5 Å². The lowest BCUT2D eigenvalue weighted by molar-refractivity contribution is 0.0980. The predicted molar refractivity (Wildman–Crippen MR) is 81.4 cm³/mol. The Morgan fingerprint density at radius 2 is 2.15 bits per heavy atom. The summed E-state index contributed by atoms with van der Waals surface area (Å²) in [6, 6.07) is 4.00. The highest BCUT2D eigenvalue weighted by molar-refractivity contribution is 5.96. The Balaban J connectivity index is 2.32. The number of Topliss-reactive ketones (excluding diaryl/α,β-unsaturated/α-hetero) is 1. The minimum atomic E-state index is -0.0243. The highest BCUT2D eigenvalue weighted by atomic mass is 16.5. The first-order valence-corrected chi connectivity index (χ1v) is 7.20. The maximum absolute atomic E-state index is 12.3. The van der Waals surface area contributed by atoms with E-state index in [9.17, 15) is 4.79 Å². The van der Waals surface area contributed by atoms with Crippen LogP contribution in [0.5, 0.6) is 5.75 Å². The average Bonchev–Trinajstić information content (AvgIpc) is 2.84. The van der Waals surface area contributed by atoms with Gasteiger partial charge in [-0.3, -0.25) is 4.79 Å². The molecule has 1 aromatic carbocycles. The second-order valence-corrected chi connectivity index (χ2v) is 6.34. The molecule has 0 atom stereocenters. The number of hydrogen-bond donors (Lipinski definition) is 0. The first-order valence-electron chi connectivity index (χ1n) is 7.20. The Hall–Kier alpha value is -1.75. The number of carbonyl (C=O) groups is 1. The normalized spacial score (nSPS) is 13.5. The second-order valence-electron chi connectivity index (χ2n) is 6.34. The molecular weight excluding hydrogens is 248 g/mol. The summed E-state index contributed by atoms with van der Waals surface area (Å²) < 4.78 is 5.75. The van der Waals surface area contributed by atoms with E-state index in [4.69, 9.17) is 11.2 Å². The summed E-state index contributed by atoms with van der Waals surface area (Å²) in [6.45, 7) is 7.16. The fraction of sp³-hybridized carbons (Fsp3) is 0.500. The number of hydrogen-bond acceptors (Lipinski definition) is 2. The van der Waals surface area contributed by atoms with Crippen molar-refractivity contribution >= 4 is 5.78 Å². The molecule has 0 aliphatic carbocycles. The van der Waals surface area contributed by atoms with Gasteiger partial charge < -0.3 is 4.74 Å². The molecule has 2 heteroatoms. The van der Waals surface area contributed by atoms with Crippen LogP contribution < -0.4 is 4.74 Å². The molecule has 0 amide bonds. The predicted octanol–water partition coefficient (Wildman–Crippen LogP) is 3.91. The van der Waals surface area contributed by atoms with Crippen LogP contribution in [0.25, 0.3) is 0 Å². The number of carbonyl (C=O) groups excluding carboxylic acids is 1. The lowest BCUT2D eigenvalue weighted by atomic mass is 9.83. The summed E-state index contributed by atoms with van der Waals surface area (Å²) in [6.07, 6.45) is 8.06. The Labute approximate surface area is 121 Å². The molecule has 0 spiro atoms. The van der Waals surface area contributed by atoms with E-state index in [0.717, 1.165) is 35.3 Å². The van der Waals surface area contributed by atoms with Gasteiger partial charge in [0.1, 0.15) is 5.75 Å². The zero-order chi connectivity index (χ0) is 14.8. The quantitative estimate of drug-likeness (QED) is 0.471. The molecule has 0 saturated carbocycles. The molecule has 0 fully saturated rings. The topological polar surface area (TPSA) is 26.3 Å². The summed E-state index contributed by atoms with van der Waals surface area (Å²) in [4.78, 5) is 12.3. The van der Waals surface area contributed by atoms with Gasteiger partial charge in [0.25, 0.3) is 0 Å². The third-order valence-electron chi connectivity index (χ3n) is 3.64. The molecule has 0 aromatic heterocycles. The molecule has 0 N–H and O–H groups in total. The average molecular weight is 270 g/mol. The van der Waals surface area contributed by atoms with Gasteiger partial charge in [-0.25, -0.2) is 0 Å². The zero-order valence-corrected chi connectivity index (χ0v) is 12.6. The van der Waals surface area contributed by atoms with E-state index < -0.39 is 0 Å². The molecule has 2 rings (SSSR count). The van der Waals surface area contributed by atoms with Crippen LogP contribution in [0, 0.1) is 12.3 Å². The van der Waals surface area contributed by atoms with E-state index >= 15 is 0 Å². The van der Waals surface area contributed by atoms with Crippen LogP contribution in [0.1, 0.15) is 61.5 Å². The van der Waals surface area contributed by atoms with Gasteiger partial charge in [0.05, 0.1) is 6.61 Å². The molecule has 106 valence electrons. The van der Waals surface area contributed by atoms with Crippen molar-refractivity contribution < 1.29 is 9.53 Å². The largest absolute Gasteiger partial charge is 0.493 e. The number of ketones is 1. The highest BCUT2D eigenvalue weighted by Crippen LogP contribution is 2.38. The summed E-state index contributed by atoms with van der Waals surface area (Å²) in [5, 5.41) is 0. The fourth-order valence-corrected chi connectivity index (χ4v) is 2.52. The van der Waals surface area contributed by atoms with E-state index in [0.29, 0.717) is 19.4 Å². The fourth-order valence-electron chi connectivity index (χ4n) is 2.52. The van der Waals surface area contributed by atoms with E-state index in [1.165, 1.54) is 0 Å². The Bertz CT molecular complexity index is 556. The third kappa shape index (κ3) is 3.04. The molecule has 0 radical (unpaired) electrons. The molecule has 1 heterocycles. The minimum absolute atomic E-state index is 0.0243. The van der Waals surface area contributed by atoms with E-state index in [1.807, 2.05) is 12.1 Å². The van der Waals surface area contributed by atoms with Gasteiger partial charge in [-0.2, -0.15) is 0 Å². The smallest absolute Gasteiger partial charge is 0.162 e. The van der Waals surface area contributed by atoms with Crippen molar-refractivity contribution in [2.45, 2.75) is 51.9 Å². The number of terminal acetylenes is 1. The first kappa shape index (κ1) is 14.7. The van der Waals surface area contributed by atoms with Gasteiger partial charge in [0.2, 0.25) is 0 Å². The van der Waals surface area contributed by atoms with E-state index in [1.54, 1.807) is 0 Å². The van der Waals surface area contributed by atoms with Crippen molar-refractivity contribution in [1.82, 2.24) is 0 Å². The summed E-state index contributed by atoms with van der Waals surface area (Å²) in [5.41, 5.74) is 3.07. The number of ether oxygens (including phenoxy) is 1. The third-order valence-corrected chi connectivity index (χ3v) is 3.64. The molecule has 0 saturated heterocycles. The van der Waals surface area contributed by atoms with Crippen molar-refractivity contribution in [3.05, 3.63) is 28.8 Å². The van der Waals surface area contributed by atoms with Gasteiger partial charge >= 0.3 is 0 Å². The summed E-state index contributed by atoms with van der Waals surface area (Å²) in [7, 11) is 0. The van der Waals surface area contributed by atoms with E-state index in [2.05, 4.69) is 26.7 Å². The zero-order valence-electron chi connectivity index (χ0n) is 12.6. The van der Waals surface area contributed by atoms with Crippen molar-refractivity contribution in [1.29, 1.82) is 0 Å². The minimum Gasteiger partial charge on any atom is -0.493 e. The van der Waals surface area contributed by atoms with Crippen LogP contribution in [0.4, 0.5) is 0 Å². The maximum Gasteiger partial charge on any atom is 0.162 e. The number of benzene rings is 1. The standard InChI is InChI=1S/C18H22O2/c1-5-6-7-8-16(19)14-11-13-9-10-20-17(13)15(12-14)18(2,3)4/h1,11-12H,6-10H2,2-4H3. The molecule has 2 nitrogen and oxygen atoms in total. The molecule has 20 heavy (non-hydrogen) atoms. The van der Waals surface area contributed by atoms with Crippen LogP contribution in [-0.2, 0) is 11.8 Å². The second kappa shape index (κ2) is 5.71. The number of fused-ring (bicyclic) bond motifs is 1. The summed E-state index contributed by atoms with van der Waals surface area (Å²) in [5.74, 6) is 3.74. The molecule has 1 aliphatic heterocycles. The van der Waals surface area contributed by atoms with Crippen LogP contribution in [0.15, 0.2) is 12.1 Å². The summed E-state index contributed by atoms with van der Waals surface area (Å²) >= 11 is 0. The highest BCUT2D eigenvalue weighted by Gasteiger charge is 2.26. The Kier molecular flexibility index (Phi) is 4.18. The van der Waals surface area contributed by atoms with Crippen molar-refractivity contribution in [3.63, 3.8) is 0 Å². The number of rotatable bonds is 4. The number of unbranched alkanes of at least 4 members (excludes halogenated alkanes) is 1. The molecular formula is C18H22O2. The van der Waals surface area contributed by atoms with Gasteiger partial charge in [0.15, 0.2) is 5.78 Å². The molecule has 0 unspecified atom stereocenters. The first-order chi connectivity index (χ1) is 9.43. The molecule has 1 aliphatic rings. The monoisotopic (exact) mass is 270 g/mol. The van der Waals surface area contributed by atoms with Crippen molar-refractivity contribution in [2.24, 2.45) is 0 Å². The SMILES string of the molecule is C#CCCCC(=O)c1cc2c(c(C(C)(C)C)c1)OCC2. The maximum atomic E-state index is 12.3. The molecule has 0 bridgehead atoms. The lowest BCUT2D eigenvalue weighted by Gasteiger charge is -2.22. The van der Waals surface area contributed by atoms with Crippen LogP contribution in [0.2, 0.25) is 0 Å². The van der Waals surface area contributed by atoms with Crippen LogP contribution in [0.3, 0.4) is 0 Å². The van der Waals surface area contributed by atoms with Crippen molar-refractivity contribution in [3.8, 4) is 18.1 Å². The lowest BCUT2D eigenvalue weighted by Crippen LogP contribution is -2.14.